The first-order valence-electron chi connectivity index (χ1n) is 5.84. The van der Waals surface area contributed by atoms with Gasteiger partial charge in [0.15, 0.2) is 5.78 Å². The average molecular weight is 200 g/mol. The summed E-state index contributed by atoms with van der Waals surface area (Å²) in [7, 11) is 0. The number of fused-ring (bicyclic) bond motifs is 2. The average Bonchev–Trinajstić information content (AvgIpc) is 2.44. The third kappa shape index (κ3) is 1.19. The second-order valence-corrected chi connectivity index (χ2v) is 5.24. The zero-order chi connectivity index (χ0) is 10.5. The first-order chi connectivity index (χ1) is 7.21. The van der Waals surface area contributed by atoms with Crippen LogP contribution in [0.2, 0.25) is 0 Å². The number of Topliss-reactive ketones (excluding diaryl/α,β-unsaturated/α-hetero) is 1. The van der Waals surface area contributed by atoms with E-state index in [1.165, 1.54) is 18.4 Å². The van der Waals surface area contributed by atoms with Crippen LogP contribution >= 0.6 is 0 Å². The molecule has 2 bridgehead atoms. The van der Waals surface area contributed by atoms with Crippen molar-refractivity contribution < 1.29 is 4.79 Å². The predicted octanol–water partition coefficient (Wildman–Crippen LogP) is 3.33. The van der Waals surface area contributed by atoms with Crippen molar-refractivity contribution in [2.45, 2.75) is 38.0 Å². The number of hydrogen-bond acceptors (Lipinski definition) is 1. The molecule has 78 valence electrons. The van der Waals surface area contributed by atoms with Crippen molar-refractivity contribution in [2.24, 2.45) is 5.92 Å². The molecule has 0 saturated heterocycles. The van der Waals surface area contributed by atoms with Gasteiger partial charge in [-0.3, -0.25) is 4.79 Å². The van der Waals surface area contributed by atoms with Crippen LogP contribution in [-0.2, 0) is 5.41 Å². The molecule has 1 saturated carbocycles. The molecular weight excluding hydrogens is 184 g/mol. The van der Waals surface area contributed by atoms with E-state index >= 15 is 0 Å². The number of carbonyl (C=O) groups is 1. The van der Waals surface area contributed by atoms with Gasteiger partial charge in [0.05, 0.1) is 0 Å². The summed E-state index contributed by atoms with van der Waals surface area (Å²) in [6.07, 6.45) is 4.54. The molecule has 1 heteroatoms. The summed E-state index contributed by atoms with van der Waals surface area (Å²) in [5, 5.41) is 0. The van der Waals surface area contributed by atoms with Crippen molar-refractivity contribution in [1.29, 1.82) is 0 Å². The molecule has 0 amide bonds. The molecule has 1 fully saturated rings. The van der Waals surface area contributed by atoms with Crippen molar-refractivity contribution >= 4 is 5.78 Å². The SMILES string of the molecule is CC12CCC(CC1)C(=O)c1ccccc12. The topological polar surface area (TPSA) is 17.1 Å². The normalized spacial score (nSPS) is 33.7. The van der Waals surface area contributed by atoms with Crippen LogP contribution in [0.5, 0.6) is 0 Å². The van der Waals surface area contributed by atoms with Gasteiger partial charge in [-0.15, -0.1) is 0 Å². The largest absolute Gasteiger partial charge is 0.294 e. The highest BCUT2D eigenvalue weighted by molar-refractivity contribution is 6.00. The molecule has 0 unspecified atom stereocenters. The van der Waals surface area contributed by atoms with Crippen molar-refractivity contribution in [3.8, 4) is 0 Å². The zero-order valence-electron chi connectivity index (χ0n) is 9.12. The number of rotatable bonds is 0. The van der Waals surface area contributed by atoms with Gasteiger partial charge in [0.25, 0.3) is 0 Å². The van der Waals surface area contributed by atoms with E-state index in [2.05, 4.69) is 19.1 Å². The first-order valence-corrected chi connectivity index (χ1v) is 5.84. The number of ketones is 1. The van der Waals surface area contributed by atoms with Gasteiger partial charge in [0.1, 0.15) is 0 Å². The fraction of sp³-hybridized carbons (Fsp3) is 0.500. The fourth-order valence-corrected chi connectivity index (χ4v) is 3.23. The minimum atomic E-state index is 0.263. The second-order valence-electron chi connectivity index (χ2n) is 5.24. The van der Waals surface area contributed by atoms with E-state index in [9.17, 15) is 4.79 Å². The summed E-state index contributed by atoms with van der Waals surface area (Å²) in [4.78, 5) is 12.2. The Bertz CT molecular complexity index is 411. The van der Waals surface area contributed by atoms with Gasteiger partial charge in [0.2, 0.25) is 0 Å². The van der Waals surface area contributed by atoms with E-state index in [0.29, 0.717) is 11.7 Å². The molecule has 4 rings (SSSR count). The van der Waals surface area contributed by atoms with Crippen molar-refractivity contribution in [3.63, 3.8) is 0 Å². The molecule has 1 aromatic rings. The van der Waals surface area contributed by atoms with E-state index in [-0.39, 0.29) is 5.41 Å². The van der Waals surface area contributed by atoms with Crippen LogP contribution < -0.4 is 0 Å². The third-order valence-corrected chi connectivity index (χ3v) is 4.30. The molecule has 0 aliphatic heterocycles. The summed E-state index contributed by atoms with van der Waals surface area (Å²) in [6.45, 7) is 2.32. The van der Waals surface area contributed by atoms with Gasteiger partial charge >= 0.3 is 0 Å². The van der Waals surface area contributed by atoms with Gasteiger partial charge in [-0.2, -0.15) is 0 Å². The van der Waals surface area contributed by atoms with Crippen LogP contribution in [0.25, 0.3) is 0 Å². The molecule has 0 radical (unpaired) electrons. The summed E-state index contributed by atoms with van der Waals surface area (Å²) < 4.78 is 0. The quantitative estimate of drug-likeness (QED) is 0.627. The predicted molar refractivity (Wildman–Crippen MR) is 60.1 cm³/mol. The Morgan fingerprint density at radius 3 is 2.60 bits per heavy atom. The number of benzene rings is 1. The monoisotopic (exact) mass is 200 g/mol. The maximum atomic E-state index is 12.2. The minimum absolute atomic E-state index is 0.263. The Balaban J connectivity index is 2.26. The highest BCUT2D eigenvalue weighted by Crippen LogP contribution is 2.47. The van der Waals surface area contributed by atoms with E-state index in [4.69, 9.17) is 0 Å². The van der Waals surface area contributed by atoms with Crippen molar-refractivity contribution in [2.75, 3.05) is 0 Å². The van der Waals surface area contributed by atoms with Crippen LogP contribution in [0.15, 0.2) is 24.3 Å². The Hall–Kier alpha value is -1.11. The van der Waals surface area contributed by atoms with Crippen molar-refractivity contribution in [1.82, 2.24) is 0 Å². The van der Waals surface area contributed by atoms with E-state index in [0.717, 1.165) is 18.4 Å². The maximum absolute atomic E-state index is 12.2. The summed E-state index contributed by atoms with van der Waals surface area (Å²) in [6, 6.07) is 8.22. The summed E-state index contributed by atoms with van der Waals surface area (Å²) in [5.74, 6) is 0.702. The molecule has 3 aliphatic rings. The molecule has 1 nitrogen and oxygen atoms in total. The first kappa shape index (κ1) is 9.14. The lowest BCUT2D eigenvalue weighted by Crippen LogP contribution is -2.26. The zero-order valence-corrected chi connectivity index (χ0v) is 9.12. The van der Waals surface area contributed by atoms with Gasteiger partial charge in [-0.25, -0.2) is 0 Å². The second kappa shape index (κ2) is 2.94. The standard InChI is InChI=1S/C14H16O/c1-14-8-6-10(7-9-14)13(15)11-4-2-3-5-12(11)14/h2-5,10H,6-9H2,1H3. The van der Waals surface area contributed by atoms with Gasteiger partial charge in [-0.05, 0) is 36.7 Å². The highest BCUT2D eigenvalue weighted by atomic mass is 16.1. The third-order valence-electron chi connectivity index (χ3n) is 4.30. The molecule has 0 atom stereocenters. The maximum Gasteiger partial charge on any atom is 0.166 e. The minimum Gasteiger partial charge on any atom is -0.294 e. The Morgan fingerprint density at radius 1 is 1.20 bits per heavy atom. The van der Waals surface area contributed by atoms with E-state index in [1.807, 2.05) is 12.1 Å². The molecule has 0 spiro atoms. The van der Waals surface area contributed by atoms with Crippen LogP contribution in [0.3, 0.4) is 0 Å². The summed E-state index contributed by atoms with van der Waals surface area (Å²) >= 11 is 0. The molecule has 1 aromatic carbocycles. The van der Waals surface area contributed by atoms with E-state index < -0.39 is 0 Å². The lowest BCUT2D eigenvalue weighted by atomic mass is 9.70. The van der Waals surface area contributed by atoms with Crippen LogP contribution in [0.1, 0.15) is 48.5 Å². The molecular formula is C14H16O. The summed E-state index contributed by atoms with van der Waals surface area (Å²) in [5.41, 5.74) is 2.56. The van der Waals surface area contributed by atoms with Gasteiger partial charge in [-0.1, -0.05) is 31.2 Å². The smallest absolute Gasteiger partial charge is 0.166 e. The molecule has 0 heterocycles. The van der Waals surface area contributed by atoms with Crippen molar-refractivity contribution in [3.05, 3.63) is 35.4 Å². The fourth-order valence-electron chi connectivity index (χ4n) is 3.23. The molecule has 3 aliphatic carbocycles. The van der Waals surface area contributed by atoms with Gasteiger partial charge < -0.3 is 0 Å². The number of hydrogen-bond donors (Lipinski definition) is 0. The van der Waals surface area contributed by atoms with E-state index in [1.54, 1.807) is 0 Å². The van der Waals surface area contributed by atoms with Gasteiger partial charge in [0, 0.05) is 11.5 Å². The lowest BCUT2D eigenvalue weighted by molar-refractivity contribution is 0.0888. The Kier molecular flexibility index (Phi) is 1.79. The van der Waals surface area contributed by atoms with Crippen LogP contribution in [0.4, 0.5) is 0 Å². The van der Waals surface area contributed by atoms with Crippen LogP contribution in [-0.4, -0.2) is 5.78 Å². The molecule has 0 N–H and O–H groups in total. The molecule has 0 aromatic heterocycles. The molecule has 15 heavy (non-hydrogen) atoms. The highest BCUT2D eigenvalue weighted by Gasteiger charge is 2.41. The van der Waals surface area contributed by atoms with Crippen LogP contribution in [0, 0.1) is 5.92 Å². The Labute approximate surface area is 90.5 Å². The number of carbonyl (C=O) groups excluding carboxylic acids is 1. The lowest BCUT2D eigenvalue weighted by Gasteiger charge is -2.33. The Morgan fingerprint density at radius 2 is 1.87 bits per heavy atom.